The summed E-state index contributed by atoms with van der Waals surface area (Å²) >= 11 is 0. The molecule has 0 bridgehead atoms. The first-order valence-electron chi connectivity index (χ1n) is 10.4. The Morgan fingerprint density at radius 1 is 1.03 bits per heavy atom. The van der Waals surface area contributed by atoms with Gasteiger partial charge < -0.3 is 10.2 Å². The summed E-state index contributed by atoms with van der Waals surface area (Å²) in [5.41, 5.74) is 0.824. The lowest BCUT2D eigenvalue weighted by Crippen LogP contribution is -2.48. The van der Waals surface area contributed by atoms with Crippen LogP contribution in [-0.4, -0.2) is 59.1 Å². The number of carbonyl (C=O) groups is 4. The van der Waals surface area contributed by atoms with Gasteiger partial charge in [0.1, 0.15) is 6.04 Å². The van der Waals surface area contributed by atoms with E-state index in [0.717, 1.165) is 25.9 Å². The maximum absolute atomic E-state index is 12.7. The maximum Gasteiger partial charge on any atom is 0.261 e. The molecule has 1 saturated heterocycles. The van der Waals surface area contributed by atoms with Crippen LogP contribution < -0.4 is 5.32 Å². The van der Waals surface area contributed by atoms with Crippen molar-refractivity contribution in [1.29, 1.82) is 0 Å². The first-order valence-corrected chi connectivity index (χ1v) is 10.4. The zero-order chi connectivity index (χ0) is 21.0. The van der Waals surface area contributed by atoms with Crippen molar-refractivity contribution in [2.24, 2.45) is 5.92 Å². The summed E-state index contributed by atoms with van der Waals surface area (Å²) < 4.78 is 0. The second-order valence-corrected chi connectivity index (χ2v) is 8.19. The maximum atomic E-state index is 12.7. The molecule has 1 fully saturated rings. The quantitative estimate of drug-likeness (QED) is 0.679. The van der Waals surface area contributed by atoms with Crippen molar-refractivity contribution in [1.82, 2.24) is 15.1 Å². The lowest BCUT2D eigenvalue weighted by atomic mass is 10.0. The van der Waals surface area contributed by atoms with Crippen molar-refractivity contribution in [3.63, 3.8) is 0 Å². The minimum atomic E-state index is -0.514. The number of rotatable bonds is 8. The fourth-order valence-electron chi connectivity index (χ4n) is 3.96. The standard InChI is InChI=1S/C22H29N3O4/c1-15(2)14-18(22(29)24-11-5-6-12-24)23-19(26)10-7-13-25-20(27)16-8-3-4-9-17(16)21(25)28/h3-4,8-9,15,18H,5-7,10-14H2,1-2H3,(H,23,26)/t18-/m0/s1. The third kappa shape index (κ3) is 4.83. The molecule has 29 heavy (non-hydrogen) atoms. The molecule has 0 radical (unpaired) electrons. The van der Waals surface area contributed by atoms with Crippen LogP contribution in [0.4, 0.5) is 0 Å². The van der Waals surface area contributed by atoms with Gasteiger partial charge in [-0.3, -0.25) is 24.1 Å². The molecule has 3 rings (SSSR count). The number of amides is 4. The molecule has 2 aliphatic rings. The summed E-state index contributed by atoms with van der Waals surface area (Å²) in [6.45, 7) is 5.75. The van der Waals surface area contributed by atoms with Crippen LogP contribution in [0.25, 0.3) is 0 Å². The highest BCUT2D eigenvalue weighted by Gasteiger charge is 2.34. The number of fused-ring (bicyclic) bond motifs is 1. The van der Waals surface area contributed by atoms with E-state index in [2.05, 4.69) is 5.32 Å². The SMILES string of the molecule is CC(C)C[C@H](NC(=O)CCCN1C(=O)c2ccccc2C1=O)C(=O)N1CCCC1. The number of nitrogens with one attached hydrogen (secondary N) is 1. The zero-order valence-electron chi connectivity index (χ0n) is 17.1. The number of carbonyl (C=O) groups excluding carboxylic acids is 4. The molecule has 1 aromatic rings. The molecule has 0 saturated carbocycles. The second-order valence-electron chi connectivity index (χ2n) is 8.19. The van der Waals surface area contributed by atoms with Crippen molar-refractivity contribution in [2.45, 2.75) is 52.0 Å². The fourth-order valence-corrected chi connectivity index (χ4v) is 3.96. The highest BCUT2D eigenvalue weighted by molar-refractivity contribution is 6.21. The summed E-state index contributed by atoms with van der Waals surface area (Å²) in [5.74, 6) is -0.573. The van der Waals surface area contributed by atoms with E-state index in [1.54, 1.807) is 24.3 Å². The minimum absolute atomic E-state index is 0.00935. The lowest BCUT2D eigenvalue weighted by Gasteiger charge is -2.25. The average Bonchev–Trinajstić information content (AvgIpc) is 3.30. The van der Waals surface area contributed by atoms with Gasteiger partial charge in [-0.25, -0.2) is 0 Å². The number of imide groups is 1. The average molecular weight is 399 g/mol. The van der Waals surface area contributed by atoms with E-state index < -0.39 is 6.04 Å². The Bertz CT molecular complexity index is 764. The molecular formula is C22H29N3O4. The molecule has 2 aliphatic heterocycles. The molecule has 2 heterocycles. The minimum Gasteiger partial charge on any atom is -0.344 e. The summed E-state index contributed by atoms with van der Waals surface area (Å²) in [5, 5.41) is 2.87. The van der Waals surface area contributed by atoms with E-state index in [1.807, 2.05) is 18.7 Å². The third-order valence-electron chi connectivity index (χ3n) is 5.42. The van der Waals surface area contributed by atoms with Gasteiger partial charge >= 0.3 is 0 Å². The number of hydrogen-bond acceptors (Lipinski definition) is 4. The predicted octanol–water partition coefficient (Wildman–Crippen LogP) is 2.22. The molecule has 1 aromatic carbocycles. The highest BCUT2D eigenvalue weighted by atomic mass is 16.2. The number of likely N-dealkylation sites (tertiary alicyclic amines) is 1. The molecule has 4 amide bonds. The largest absolute Gasteiger partial charge is 0.344 e. The van der Waals surface area contributed by atoms with Crippen molar-refractivity contribution in [3.05, 3.63) is 35.4 Å². The van der Waals surface area contributed by atoms with E-state index in [0.29, 0.717) is 24.0 Å². The molecular weight excluding hydrogens is 370 g/mol. The lowest BCUT2D eigenvalue weighted by molar-refractivity contribution is -0.136. The Hall–Kier alpha value is -2.70. The molecule has 7 nitrogen and oxygen atoms in total. The van der Waals surface area contributed by atoms with Gasteiger partial charge in [-0.2, -0.15) is 0 Å². The van der Waals surface area contributed by atoms with Crippen LogP contribution in [0.2, 0.25) is 0 Å². The fraction of sp³-hybridized carbons (Fsp3) is 0.545. The van der Waals surface area contributed by atoms with Gasteiger partial charge in [0.15, 0.2) is 0 Å². The highest BCUT2D eigenvalue weighted by Crippen LogP contribution is 2.22. The molecule has 1 atom stereocenters. The smallest absolute Gasteiger partial charge is 0.261 e. The van der Waals surface area contributed by atoms with E-state index in [4.69, 9.17) is 0 Å². The van der Waals surface area contributed by atoms with Crippen molar-refractivity contribution < 1.29 is 19.2 Å². The summed E-state index contributed by atoms with van der Waals surface area (Å²) in [6, 6.07) is 6.23. The van der Waals surface area contributed by atoms with Crippen LogP contribution in [0.3, 0.4) is 0 Å². The van der Waals surface area contributed by atoms with E-state index in [1.165, 1.54) is 4.90 Å². The predicted molar refractivity (Wildman–Crippen MR) is 108 cm³/mol. The number of benzene rings is 1. The Balaban J connectivity index is 1.51. The van der Waals surface area contributed by atoms with Gasteiger partial charge in [0.05, 0.1) is 11.1 Å². The third-order valence-corrected chi connectivity index (χ3v) is 5.42. The van der Waals surface area contributed by atoms with Gasteiger partial charge in [-0.05, 0) is 43.7 Å². The first-order chi connectivity index (χ1) is 13.9. The number of hydrogen-bond donors (Lipinski definition) is 1. The Morgan fingerprint density at radius 2 is 1.62 bits per heavy atom. The first kappa shape index (κ1) is 21.0. The van der Waals surface area contributed by atoms with Crippen LogP contribution in [0.5, 0.6) is 0 Å². The monoisotopic (exact) mass is 399 g/mol. The Labute approximate surface area is 171 Å². The van der Waals surface area contributed by atoms with Crippen LogP contribution in [0.1, 0.15) is 66.7 Å². The van der Waals surface area contributed by atoms with Crippen molar-refractivity contribution in [2.75, 3.05) is 19.6 Å². The van der Waals surface area contributed by atoms with Crippen LogP contribution in [-0.2, 0) is 9.59 Å². The molecule has 0 spiro atoms. The van der Waals surface area contributed by atoms with Crippen molar-refractivity contribution >= 4 is 23.6 Å². The van der Waals surface area contributed by atoms with Gasteiger partial charge in [0, 0.05) is 26.1 Å². The van der Waals surface area contributed by atoms with Gasteiger partial charge in [0.25, 0.3) is 11.8 Å². The van der Waals surface area contributed by atoms with Gasteiger partial charge in [-0.1, -0.05) is 26.0 Å². The molecule has 0 aliphatic carbocycles. The van der Waals surface area contributed by atoms with Crippen LogP contribution in [0.15, 0.2) is 24.3 Å². The normalized spacial score (nSPS) is 17.1. The second kappa shape index (κ2) is 9.20. The Kier molecular flexibility index (Phi) is 6.67. The van der Waals surface area contributed by atoms with Gasteiger partial charge in [0.2, 0.25) is 11.8 Å². The zero-order valence-corrected chi connectivity index (χ0v) is 17.1. The Morgan fingerprint density at radius 3 is 2.17 bits per heavy atom. The molecule has 156 valence electrons. The van der Waals surface area contributed by atoms with Crippen LogP contribution >= 0.6 is 0 Å². The van der Waals surface area contributed by atoms with E-state index in [-0.39, 0.29) is 42.5 Å². The van der Waals surface area contributed by atoms with Crippen LogP contribution in [0, 0.1) is 5.92 Å². The molecule has 0 unspecified atom stereocenters. The molecule has 7 heteroatoms. The number of nitrogens with zero attached hydrogens (tertiary/aromatic N) is 2. The summed E-state index contributed by atoms with van der Waals surface area (Å²) in [4.78, 5) is 52.9. The van der Waals surface area contributed by atoms with E-state index in [9.17, 15) is 19.2 Å². The molecule has 0 aromatic heterocycles. The van der Waals surface area contributed by atoms with E-state index >= 15 is 0 Å². The topological polar surface area (TPSA) is 86.8 Å². The molecule has 1 N–H and O–H groups in total. The summed E-state index contributed by atoms with van der Waals surface area (Å²) in [6.07, 6.45) is 3.14. The van der Waals surface area contributed by atoms with Crippen molar-refractivity contribution in [3.8, 4) is 0 Å². The van der Waals surface area contributed by atoms with Gasteiger partial charge in [-0.15, -0.1) is 0 Å². The summed E-state index contributed by atoms with van der Waals surface area (Å²) in [7, 11) is 0.